The molecule has 3 heteroatoms. The molecule has 0 amide bonds. The molecule has 1 aromatic heterocycles. The first kappa shape index (κ1) is 6.89. The number of nitrogens with zero attached hydrogens (tertiary/aromatic N) is 2. The van der Waals surface area contributed by atoms with Crippen molar-refractivity contribution in [2.24, 2.45) is 5.73 Å². The molecule has 10 heavy (non-hydrogen) atoms. The van der Waals surface area contributed by atoms with Crippen molar-refractivity contribution in [1.82, 2.24) is 9.97 Å². The minimum Gasteiger partial charge on any atom is -0.325 e. The summed E-state index contributed by atoms with van der Waals surface area (Å²) in [7, 11) is 0. The molecule has 0 unspecified atom stereocenters. The fraction of sp³-hybridized carbons (Fsp3) is 0.143. The maximum absolute atomic E-state index is 5.38. The largest absolute Gasteiger partial charge is 0.325 e. The summed E-state index contributed by atoms with van der Waals surface area (Å²) < 4.78 is 0. The van der Waals surface area contributed by atoms with Gasteiger partial charge in [0.1, 0.15) is 0 Å². The zero-order chi connectivity index (χ0) is 7.40. The lowest BCUT2D eigenvalue weighted by Crippen LogP contribution is -2.02. The first-order chi connectivity index (χ1) is 4.88. The summed E-state index contributed by atoms with van der Waals surface area (Å²) in [6.07, 6.45) is 4.89. The Labute approximate surface area is 59.6 Å². The van der Waals surface area contributed by atoms with Crippen LogP contribution in [0.4, 0.5) is 0 Å². The summed E-state index contributed by atoms with van der Waals surface area (Å²) in [5.41, 5.74) is 6.93. The minimum absolute atomic E-state index is 0.412. The van der Waals surface area contributed by atoms with E-state index in [2.05, 4.69) is 16.5 Å². The summed E-state index contributed by atoms with van der Waals surface area (Å²) in [6, 6.07) is 0. The predicted molar refractivity (Wildman–Crippen MR) is 40.0 cm³/mol. The second-order valence-corrected chi connectivity index (χ2v) is 1.80. The molecule has 0 bridgehead atoms. The normalized spacial score (nSPS) is 9.30. The van der Waals surface area contributed by atoms with Crippen molar-refractivity contribution >= 4 is 6.08 Å². The first-order valence-corrected chi connectivity index (χ1v) is 3.01. The van der Waals surface area contributed by atoms with Crippen molar-refractivity contribution < 1.29 is 0 Å². The lowest BCUT2D eigenvalue weighted by Gasteiger charge is -1.97. The van der Waals surface area contributed by atoms with Crippen molar-refractivity contribution in [1.29, 1.82) is 0 Å². The topological polar surface area (TPSA) is 51.8 Å². The van der Waals surface area contributed by atoms with E-state index in [0.717, 1.165) is 11.4 Å². The van der Waals surface area contributed by atoms with Gasteiger partial charge in [-0.25, -0.2) is 0 Å². The molecule has 0 aliphatic heterocycles. The predicted octanol–water partition coefficient (Wildman–Crippen LogP) is 0.578. The van der Waals surface area contributed by atoms with E-state index in [4.69, 9.17) is 5.73 Å². The second kappa shape index (κ2) is 3.08. The van der Waals surface area contributed by atoms with Gasteiger partial charge in [0.05, 0.1) is 11.4 Å². The molecule has 0 aliphatic rings. The zero-order valence-corrected chi connectivity index (χ0v) is 5.62. The lowest BCUT2D eigenvalue weighted by molar-refractivity contribution is 0.954. The average Bonchev–Trinajstić information content (AvgIpc) is 2.04. The summed E-state index contributed by atoms with van der Waals surface area (Å²) in [5, 5.41) is 0. The Bertz CT molecular complexity index is 232. The molecule has 52 valence electrons. The van der Waals surface area contributed by atoms with Crippen LogP contribution < -0.4 is 5.73 Å². The van der Waals surface area contributed by atoms with E-state index in [0.29, 0.717) is 6.54 Å². The van der Waals surface area contributed by atoms with Crippen LogP contribution in [0.5, 0.6) is 0 Å². The molecule has 1 aromatic rings. The Hall–Kier alpha value is -1.22. The van der Waals surface area contributed by atoms with Gasteiger partial charge >= 0.3 is 0 Å². The van der Waals surface area contributed by atoms with Crippen LogP contribution in [0.3, 0.4) is 0 Å². The zero-order valence-electron chi connectivity index (χ0n) is 5.62. The molecular weight excluding hydrogens is 126 g/mol. The maximum atomic E-state index is 5.38. The Kier molecular flexibility index (Phi) is 2.12. The van der Waals surface area contributed by atoms with E-state index in [1.165, 1.54) is 0 Å². The van der Waals surface area contributed by atoms with Gasteiger partial charge in [-0.1, -0.05) is 6.58 Å². The highest BCUT2D eigenvalue weighted by Gasteiger charge is 1.95. The van der Waals surface area contributed by atoms with E-state index >= 15 is 0 Å². The fourth-order valence-corrected chi connectivity index (χ4v) is 0.705. The van der Waals surface area contributed by atoms with Gasteiger partial charge in [0.15, 0.2) is 0 Å². The Morgan fingerprint density at radius 2 is 2.20 bits per heavy atom. The van der Waals surface area contributed by atoms with E-state index in [1.807, 2.05) is 0 Å². The molecule has 0 spiro atoms. The van der Waals surface area contributed by atoms with Gasteiger partial charge < -0.3 is 5.73 Å². The van der Waals surface area contributed by atoms with Crippen molar-refractivity contribution in [3.8, 4) is 0 Å². The Morgan fingerprint density at radius 1 is 1.50 bits per heavy atom. The summed E-state index contributed by atoms with van der Waals surface area (Å²) in [5.74, 6) is 0. The first-order valence-electron chi connectivity index (χ1n) is 3.01. The van der Waals surface area contributed by atoms with Gasteiger partial charge in [0.2, 0.25) is 0 Å². The minimum atomic E-state index is 0.412. The van der Waals surface area contributed by atoms with Crippen LogP contribution in [0.15, 0.2) is 19.0 Å². The quantitative estimate of drug-likeness (QED) is 0.645. The van der Waals surface area contributed by atoms with Crippen LogP contribution in [0.1, 0.15) is 11.4 Å². The SMILES string of the molecule is C=Cc1nccnc1CN. The average molecular weight is 135 g/mol. The molecule has 1 rings (SSSR count). The number of nitrogens with two attached hydrogens (primary N) is 1. The van der Waals surface area contributed by atoms with Crippen LogP contribution in [0.2, 0.25) is 0 Å². The van der Waals surface area contributed by atoms with Gasteiger partial charge in [-0.2, -0.15) is 0 Å². The maximum Gasteiger partial charge on any atom is 0.0852 e. The van der Waals surface area contributed by atoms with Crippen molar-refractivity contribution in [2.45, 2.75) is 6.54 Å². The number of aromatic nitrogens is 2. The molecule has 0 aromatic carbocycles. The van der Waals surface area contributed by atoms with Gasteiger partial charge in [0.25, 0.3) is 0 Å². The molecule has 0 radical (unpaired) electrons. The van der Waals surface area contributed by atoms with E-state index in [1.54, 1.807) is 18.5 Å². The fourth-order valence-electron chi connectivity index (χ4n) is 0.705. The highest BCUT2D eigenvalue weighted by Crippen LogP contribution is 2.00. The Morgan fingerprint density at radius 3 is 2.70 bits per heavy atom. The molecule has 0 atom stereocenters. The van der Waals surface area contributed by atoms with Crippen LogP contribution in [0.25, 0.3) is 6.08 Å². The monoisotopic (exact) mass is 135 g/mol. The van der Waals surface area contributed by atoms with Crippen LogP contribution in [-0.4, -0.2) is 9.97 Å². The molecule has 1 heterocycles. The molecule has 3 nitrogen and oxygen atoms in total. The van der Waals surface area contributed by atoms with Crippen molar-refractivity contribution in [3.63, 3.8) is 0 Å². The van der Waals surface area contributed by atoms with Gasteiger partial charge in [-0.3, -0.25) is 9.97 Å². The van der Waals surface area contributed by atoms with Crippen molar-refractivity contribution in [2.75, 3.05) is 0 Å². The molecule has 0 fully saturated rings. The third kappa shape index (κ3) is 1.19. The molecule has 0 aliphatic carbocycles. The van der Waals surface area contributed by atoms with Gasteiger partial charge in [-0.15, -0.1) is 0 Å². The highest BCUT2D eigenvalue weighted by atomic mass is 14.8. The van der Waals surface area contributed by atoms with Crippen molar-refractivity contribution in [3.05, 3.63) is 30.4 Å². The number of hydrogen-bond acceptors (Lipinski definition) is 3. The molecule has 0 saturated carbocycles. The van der Waals surface area contributed by atoms with E-state index in [-0.39, 0.29) is 0 Å². The summed E-state index contributed by atoms with van der Waals surface area (Å²) in [6.45, 7) is 3.99. The molecular formula is C7H9N3. The van der Waals surface area contributed by atoms with Gasteiger partial charge in [0, 0.05) is 18.9 Å². The second-order valence-electron chi connectivity index (χ2n) is 1.80. The number of rotatable bonds is 2. The van der Waals surface area contributed by atoms with E-state index in [9.17, 15) is 0 Å². The molecule has 2 N–H and O–H groups in total. The standard InChI is InChI=1S/C7H9N3/c1-2-6-7(5-8)10-4-3-9-6/h2-4H,1,5,8H2. The molecule has 0 saturated heterocycles. The van der Waals surface area contributed by atoms with Crippen LogP contribution >= 0.6 is 0 Å². The third-order valence-corrected chi connectivity index (χ3v) is 1.19. The van der Waals surface area contributed by atoms with Gasteiger partial charge in [-0.05, 0) is 6.08 Å². The smallest absolute Gasteiger partial charge is 0.0852 e. The van der Waals surface area contributed by atoms with Crippen LogP contribution in [-0.2, 0) is 6.54 Å². The highest BCUT2D eigenvalue weighted by molar-refractivity contribution is 5.43. The lowest BCUT2D eigenvalue weighted by atomic mass is 10.3. The Balaban J connectivity index is 3.08. The third-order valence-electron chi connectivity index (χ3n) is 1.19. The van der Waals surface area contributed by atoms with E-state index < -0.39 is 0 Å². The summed E-state index contributed by atoms with van der Waals surface area (Å²) >= 11 is 0. The summed E-state index contributed by atoms with van der Waals surface area (Å²) in [4.78, 5) is 8.02. The number of hydrogen-bond donors (Lipinski definition) is 1. The van der Waals surface area contributed by atoms with Crippen LogP contribution in [0, 0.1) is 0 Å².